The molecule has 0 spiro atoms. The largest absolute Gasteiger partial charge is 0.493 e. The number of oxazole rings is 1. The number of methoxy groups -OCH3 is 2. The normalized spacial score (nSPS) is 15.3. The molecule has 0 saturated carbocycles. The molecule has 11 heteroatoms. The summed E-state index contributed by atoms with van der Waals surface area (Å²) in [5.41, 5.74) is 2.69. The van der Waals surface area contributed by atoms with Gasteiger partial charge in [-0.1, -0.05) is 0 Å². The van der Waals surface area contributed by atoms with E-state index < -0.39 is 5.91 Å². The molecule has 176 valence electrons. The lowest BCUT2D eigenvalue weighted by atomic mass is 10.1. The van der Waals surface area contributed by atoms with Gasteiger partial charge in [0.25, 0.3) is 11.8 Å². The zero-order valence-corrected chi connectivity index (χ0v) is 18.8. The number of nitrogens with zero attached hydrogens (tertiary/aromatic N) is 4. The standard InChI is InChI=1S/C23H24N6O5/c1-32-18-9-14-13-29(23(31)15(14)10-19(18)33-2)20-12-26-22(34-20)21(30)27-16-11-25-4-3-17(16)28-7-5-24-6-8-28/h3-4,9-12,24H,5-8,13H2,1-2H3,(H,27,30). The lowest BCUT2D eigenvalue weighted by Gasteiger charge is -2.30. The van der Waals surface area contributed by atoms with Gasteiger partial charge in [-0.15, -0.1) is 0 Å². The summed E-state index contributed by atoms with van der Waals surface area (Å²) in [6.45, 7) is 3.64. The van der Waals surface area contributed by atoms with Crippen LogP contribution in [0.4, 0.5) is 17.3 Å². The first-order valence-electron chi connectivity index (χ1n) is 10.8. The highest BCUT2D eigenvalue weighted by molar-refractivity contribution is 6.10. The highest BCUT2D eigenvalue weighted by Gasteiger charge is 2.33. The minimum atomic E-state index is -0.525. The highest BCUT2D eigenvalue weighted by Crippen LogP contribution is 2.37. The number of carbonyl (C=O) groups excluding carboxylic acids is 2. The van der Waals surface area contributed by atoms with Gasteiger partial charge in [-0.05, 0) is 23.8 Å². The van der Waals surface area contributed by atoms with Crippen molar-refractivity contribution < 1.29 is 23.5 Å². The fourth-order valence-electron chi connectivity index (χ4n) is 4.15. The third-order valence-electron chi connectivity index (χ3n) is 5.87. The smallest absolute Gasteiger partial charge is 0.311 e. The molecular weight excluding hydrogens is 440 g/mol. The van der Waals surface area contributed by atoms with E-state index in [2.05, 4.69) is 25.5 Å². The van der Waals surface area contributed by atoms with Crippen LogP contribution in [0.5, 0.6) is 11.5 Å². The molecular formula is C23H24N6O5. The van der Waals surface area contributed by atoms with Crippen LogP contribution in [0.25, 0.3) is 0 Å². The van der Waals surface area contributed by atoms with E-state index in [-0.39, 0.29) is 24.2 Å². The first kappa shape index (κ1) is 21.7. The van der Waals surface area contributed by atoms with Gasteiger partial charge in [0.15, 0.2) is 11.5 Å². The van der Waals surface area contributed by atoms with Crippen molar-refractivity contribution in [3.8, 4) is 11.5 Å². The number of benzene rings is 1. The Kier molecular flexibility index (Phi) is 5.76. The summed E-state index contributed by atoms with van der Waals surface area (Å²) in [6.07, 6.45) is 4.66. The number of pyridine rings is 1. The molecule has 1 saturated heterocycles. The molecule has 34 heavy (non-hydrogen) atoms. The van der Waals surface area contributed by atoms with Gasteiger partial charge in [0, 0.05) is 37.9 Å². The van der Waals surface area contributed by atoms with Crippen molar-refractivity contribution >= 4 is 29.1 Å². The zero-order chi connectivity index (χ0) is 23.7. The van der Waals surface area contributed by atoms with E-state index in [1.165, 1.54) is 25.3 Å². The number of ether oxygens (including phenoxy) is 2. The molecule has 0 bridgehead atoms. The number of aromatic nitrogens is 2. The van der Waals surface area contributed by atoms with E-state index >= 15 is 0 Å². The van der Waals surface area contributed by atoms with E-state index in [4.69, 9.17) is 13.9 Å². The highest BCUT2D eigenvalue weighted by atomic mass is 16.5. The van der Waals surface area contributed by atoms with Crippen molar-refractivity contribution in [2.45, 2.75) is 6.54 Å². The molecule has 0 radical (unpaired) electrons. The SMILES string of the molecule is COc1cc2c(cc1OC)C(=O)N(c1cnc(C(=O)Nc3cnccc3N3CCNCC3)o1)C2. The molecule has 0 unspecified atom stereocenters. The summed E-state index contributed by atoms with van der Waals surface area (Å²) in [4.78, 5) is 37.7. The molecule has 4 heterocycles. The average molecular weight is 464 g/mol. The molecule has 0 atom stereocenters. The molecule has 1 aromatic carbocycles. The Bertz CT molecular complexity index is 1240. The van der Waals surface area contributed by atoms with E-state index in [0.717, 1.165) is 37.4 Å². The van der Waals surface area contributed by atoms with Gasteiger partial charge >= 0.3 is 5.91 Å². The van der Waals surface area contributed by atoms with Crippen LogP contribution >= 0.6 is 0 Å². The van der Waals surface area contributed by atoms with E-state index in [9.17, 15) is 9.59 Å². The number of anilines is 3. The van der Waals surface area contributed by atoms with Crippen LogP contribution in [0.1, 0.15) is 26.6 Å². The Labute approximate surface area is 195 Å². The maximum atomic E-state index is 13.0. The van der Waals surface area contributed by atoms with E-state index in [0.29, 0.717) is 22.7 Å². The summed E-state index contributed by atoms with van der Waals surface area (Å²) in [6, 6.07) is 5.27. The summed E-state index contributed by atoms with van der Waals surface area (Å²) in [5, 5.41) is 6.14. The number of fused-ring (bicyclic) bond motifs is 1. The fraction of sp³-hybridized carbons (Fsp3) is 0.304. The lowest BCUT2D eigenvalue weighted by Crippen LogP contribution is -2.43. The summed E-state index contributed by atoms with van der Waals surface area (Å²) < 4.78 is 16.3. The van der Waals surface area contributed by atoms with Crippen molar-refractivity contribution in [2.24, 2.45) is 0 Å². The molecule has 2 N–H and O–H groups in total. The number of piperazine rings is 1. The zero-order valence-electron chi connectivity index (χ0n) is 18.8. The van der Waals surface area contributed by atoms with Crippen molar-refractivity contribution in [1.29, 1.82) is 0 Å². The van der Waals surface area contributed by atoms with Gasteiger partial charge in [-0.25, -0.2) is 4.98 Å². The van der Waals surface area contributed by atoms with Crippen molar-refractivity contribution in [2.75, 3.05) is 55.5 Å². The van der Waals surface area contributed by atoms with E-state index in [1.54, 1.807) is 24.5 Å². The number of hydrogen-bond donors (Lipinski definition) is 2. The van der Waals surface area contributed by atoms with Crippen LogP contribution in [0.15, 0.2) is 41.2 Å². The quantitative estimate of drug-likeness (QED) is 0.563. The first-order chi connectivity index (χ1) is 16.6. The van der Waals surface area contributed by atoms with Crippen LogP contribution in [0, 0.1) is 0 Å². The molecule has 2 amide bonds. The van der Waals surface area contributed by atoms with Crippen LogP contribution in [-0.2, 0) is 6.54 Å². The monoisotopic (exact) mass is 464 g/mol. The topological polar surface area (TPSA) is 122 Å². The maximum absolute atomic E-state index is 13.0. The second kappa shape index (κ2) is 9.02. The number of carbonyl (C=O) groups is 2. The van der Waals surface area contributed by atoms with Gasteiger partial charge < -0.3 is 29.4 Å². The Hall–Kier alpha value is -4.12. The van der Waals surface area contributed by atoms with Crippen molar-refractivity contribution in [1.82, 2.24) is 15.3 Å². The first-order valence-corrected chi connectivity index (χ1v) is 10.8. The lowest BCUT2D eigenvalue weighted by molar-refractivity contribution is 0.0972. The molecule has 2 aromatic heterocycles. The summed E-state index contributed by atoms with van der Waals surface area (Å²) in [7, 11) is 3.05. The number of amides is 2. The second-order valence-corrected chi connectivity index (χ2v) is 7.84. The minimum absolute atomic E-state index is 0.149. The van der Waals surface area contributed by atoms with Crippen LogP contribution in [0.2, 0.25) is 0 Å². The van der Waals surface area contributed by atoms with Gasteiger partial charge in [0.1, 0.15) is 0 Å². The van der Waals surface area contributed by atoms with Crippen molar-refractivity contribution in [3.63, 3.8) is 0 Å². The number of nitrogens with one attached hydrogen (secondary N) is 2. The molecule has 1 fully saturated rings. The summed E-state index contributed by atoms with van der Waals surface area (Å²) in [5.74, 6) is 0.230. The predicted molar refractivity (Wildman–Crippen MR) is 124 cm³/mol. The third-order valence-corrected chi connectivity index (χ3v) is 5.87. The Morgan fingerprint density at radius 3 is 2.68 bits per heavy atom. The van der Waals surface area contributed by atoms with Gasteiger partial charge in [-0.2, -0.15) is 0 Å². The maximum Gasteiger partial charge on any atom is 0.311 e. The number of hydrogen-bond acceptors (Lipinski definition) is 9. The van der Waals surface area contributed by atoms with Crippen LogP contribution < -0.4 is 29.9 Å². The molecule has 11 nitrogen and oxygen atoms in total. The van der Waals surface area contributed by atoms with Gasteiger partial charge in [0.2, 0.25) is 5.88 Å². The minimum Gasteiger partial charge on any atom is -0.493 e. The molecule has 0 aliphatic carbocycles. The van der Waals surface area contributed by atoms with Crippen LogP contribution in [-0.4, -0.2) is 62.2 Å². The molecule has 5 rings (SSSR count). The predicted octanol–water partition coefficient (Wildman–Crippen LogP) is 1.91. The van der Waals surface area contributed by atoms with Gasteiger partial charge in [-0.3, -0.25) is 19.5 Å². The molecule has 3 aromatic rings. The molecule has 2 aliphatic rings. The summed E-state index contributed by atoms with van der Waals surface area (Å²) >= 11 is 0. The third kappa shape index (κ3) is 3.90. The fourth-order valence-corrected chi connectivity index (χ4v) is 4.15. The molecule has 2 aliphatic heterocycles. The van der Waals surface area contributed by atoms with Gasteiger partial charge in [0.05, 0.1) is 44.5 Å². The Morgan fingerprint density at radius 1 is 1.15 bits per heavy atom. The second-order valence-electron chi connectivity index (χ2n) is 7.84. The Balaban J connectivity index is 1.34. The number of rotatable bonds is 6. The van der Waals surface area contributed by atoms with Crippen LogP contribution in [0.3, 0.4) is 0 Å². The van der Waals surface area contributed by atoms with Crippen molar-refractivity contribution in [3.05, 3.63) is 53.8 Å². The average Bonchev–Trinajstić information content (AvgIpc) is 3.49. The Morgan fingerprint density at radius 2 is 1.91 bits per heavy atom. The van der Waals surface area contributed by atoms with E-state index in [1.807, 2.05) is 6.07 Å².